The van der Waals surface area contributed by atoms with E-state index in [9.17, 15) is 17.6 Å². The number of carbonyl (C=O) groups is 1. The highest BCUT2D eigenvalue weighted by atomic mass is 35.5. The van der Waals surface area contributed by atoms with E-state index < -0.39 is 27.6 Å². The fraction of sp³-hybridized carbons (Fsp3) is 0.278. The highest BCUT2D eigenvalue weighted by Crippen LogP contribution is 2.22. The molecular weight excluding hydrogens is 444 g/mol. The Hall–Kier alpha value is -1.75. The third-order valence-electron chi connectivity index (χ3n) is 3.81. The summed E-state index contributed by atoms with van der Waals surface area (Å²) in [6, 6.07) is 13.2. The Morgan fingerprint density at radius 3 is 2.03 bits per heavy atom. The number of rotatable bonds is 5. The maximum Gasteiger partial charge on any atom is 0.261 e. The van der Waals surface area contributed by atoms with Crippen molar-refractivity contribution in [3.63, 3.8) is 0 Å². The van der Waals surface area contributed by atoms with Crippen LogP contribution < -0.4 is 17.2 Å². The van der Waals surface area contributed by atoms with Crippen LogP contribution in [-0.4, -0.2) is 30.7 Å². The molecule has 11 heteroatoms. The SMILES string of the molecule is CC(N)(C(N)=O)C(N)c1ccc(Cc2cccc(F)c2)cc1.CS(=O)(=O)O.Cl.Cl. The summed E-state index contributed by atoms with van der Waals surface area (Å²) in [4.78, 5) is 11.4. The zero-order valence-electron chi connectivity index (χ0n) is 15.9. The molecule has 0 heterocycles. The van der Waals surface area contributed by atoms with Crippen molar-refractivity contribution in [1.29, 1.82) is 0 Å². The average molecular weight is 470 g/mol. The van der Waals surface area contributed by atoms with Crippen LogP contribution in [0.4, 0.5) is 4.39 Å². The van der Waals surface area contributed by atoms with Crippen molar-refractivity contribution in [2.45, 2.75) is 24.9 Å². The largest absolute Gasteiger partial charge is 0.368 e. The second kappa shape index (κ2) is 12.1. The predicted molar refractivity (Wildman–Crippen MR) is 116 cm³/mol. The van der Waals surface area contributed by atoms with Gasteiger partial charge in [0.1, 0.15) is 11.4 Å². The zero-order valence-corrected chi connectivity index (χ0v) is 18.4. The van der Waals surface area contributed by atoms with Gasteiger partial charge in [-0.2, -0.15) is 8.42 Å². The van der Waals surface area contributed by atoms with Crippen molar-refractivity contribution in [2.75, 3.05) is 6.26 Å². The molecule has 164 valence electrons. The number of hydrogen-bond acceptors (Lipinski definition) is 5. The number of nitrogens with two attached hydrogens (primary N) is 3. The molecule has 0 aromatic heterocycles. The summed E-state index contributed by atoms with van der Waals surface area (Å²) in [5, 5.41) is 0. The predicted octanol–water partition coefficient (Wildman–Crippen LogP) is 1.97. The third kappa shape index (κ3) is 10.6. The summed E-state index contributed by atoms with van der Waals surface area (Å²) in [6.07, 6.45) is 1.33. The molecular formula is C18H26Cl2FN3O4S. The molecule has 0 fully saturated rings. The van der Waals surface area contributed by atoms with Crippen LogP contribution in [0.25, 0.3) is 0 Å². The highest BCUT2D eigenvalue weighted by Gasteiger charge is 2.34. The van der Waals surface area contributed by atoms with Crippen molar-refractivity contribution in [1.82, 2.24) is 0 Å². The summed E-state index contributed by atoms with van der Waals surface area (Å²) >= 11 is 0. The molecule has 7 N–H and O–H groups in total. The maximum absolute atomic E-state index is 13.2. The van der Waals surface area contributed by atoms with E-state index in [2.05, 4.69) is 0 Å². The van der Waals surface area contributed by atoms with E-state index in [1.54, 1.807) is 6.07 Å². The molecule has 29 heavy (non-hydrogen) atoms. The van der Waals surface area contributed by atoms with Crippen molar-refractivity contribution < 1.29 is 22.2 Å². The monoisotopic (exact) mass is 469 g/mol. The first-order valence-corrected chi connectivity index (χ1v) is 9.75. The fourth-order valence-electron chi connectivity index (χ4n) is 2.22. The van der Waals surface area contributed by atoms with Crippen LogP contribution in [0, 0.1) is 5.82 Å². The van der Waals surface area contributed by atoms with Crippen LogP contribution in [0.2, 0.25) is 0 Å². The van der Waals surface area contributed by atoms with Crippen molar-refractivity contribution in [3.05, 3.63) is 71.0 Å². The van der Waals surface area contributed by atoms with Crippen LogP contribution in [0.15, 0.2) is 48.5 Å². The first-order valence-electron chi connectivity index (χ1n) is 7.91. The Kier molecular flexibility index (Phi) is 12.2. The average Bonchev–Trinajstić information content (AvgIpc) is 2.53. The smallest absolute Gasteiger partial charge is 0.261 e. The van der Waals surface area contributed by atoms with E-state index >= 15 is 0 Å². The minimum atomic E-state index is -3.67. The lowest BCUT2D eigenvalue weighted by atomic mass is 9.87. The molecule has 2 aromatic carbocycles. The summed E-state index contributed by atoms with van der Waals surface area (Å²) in [5.74, 6) is -0.902. The first-order chi connectivity index (χ1) is 12.3. The van der Waals surface area contributed by atoms with E-state index in [0.717, 1.165) is 16.7 Å². The number of hydrogen-bond donors (Lipinski definition) is 4. The molecule has 0 bridgehead atoms. The lowest BCUT2D eigenvalue weighted by Crippen LogP contribution is -2.56. The molecule has 0 saturated heterocycles. The van der Waals surface area contributed by atoms with Gasteiger partial charge in [0.25, 0.3) is 10.1 Å². The summed E-state index contributed by atoms with van der Waals surface area (Å²) in [6.45, 7) is 1.51. The van der Waals surface area contributed by atoms with Gasteiger partial charge in [0.05, 0.1) is 12.3 Å². The molecule has 0 saturated carbocycles. The standard InChI is InChI=1S/C17H20FN3O.CH4O3S.2ClH/c1-17(21,16(20)22)15(19)13-7-5-11(6-8-13)9-12-3-2-4-14(18)10-12;1-5(2,3)4;;/h2-8,10,15H,9,19,21H2,1H3,(H2,20,22);1H3,(H,2,3,4);2*1H. The number of carbonyl (C=O) groups excluding carboxylic acids is 1. The van der Waals surface area contributed by atoms with Crippen molar-refractivity contribution >= 4 is 40.8 Å². The Bertz CT molecular complexity index is 886. The molecule has 7 nitrogen and oxygen atoms in total. The van der Waals surface area contributed by atoms with E-state index in [-0.39, 0.29) is 30.6 Å². The second-order valence-electron chi connectivity index (χ2n) is 6.41. The lowest BCUT2D eigenvalue weighted by Gasteiger charge is -2.28. The minimum Gasteiger partial charge on any atom is -0.368 e. The second-order valence-corrected chi connectivity index (χ2v) is 7.87. The van der Waals surface area contributed by atoms with Gasteiger partial charge < -0.3 is 17.2 Å². The molecule has 0 radical (unpaired) electrons. The number of halogens is 3. The van der Waals surface area contributed by atoms with Crippen LogP contribution in [-0.2, 0) is 21.3 Å². The molecule has 0 aliphatic carbocycles. The van der Waals surface area contributed by atoms with Gasteiger partial charge in [-0.05, 0) is 42.2 Å². The molecule has 0 spiro atoms. The normalized spacial score (nSPS) is 13.4. The molecule has 2 aromatic rings. The van der Waals surface area contributed by atoms with Gasteiger partial charge in [0.2, 0.25) is 5.91 Å². The van der Waals surface area contributed by atoms with Crippen LogP contribution in [0.1, 0.15) is 29.7 Å². The first kappa shape index (κ1) is 29.5. The molecule has 2 atom stereocenters. The van der Waals surface area contributed by atoms with Gasteiger partial charge in [0, 0.05) is 0 Å². The quantitative estimate of drug-likeness (QED) is 0.491. The molecule has 0 aliphatic rings. The summed E-state index contributed by atoms with van der Waals surface area (Å²) in [7, 11) is -3.67. The van der Waals surface area contributed by atoms with E-state index in [0.29, 0.717) is 12.7 Å². The highest BCUT2D eigenvalue weighted by molar-refractivity contribution is 7.85. The number of primary amides is 1. The van der Waals surface area contributed by atoms with Gasteiger partial charge in [-0.3, -0.25) is 9.35 Å². The Labute approximate surface area is 182 Å². The minimum absolute atomic E-state index is 0. The number of amides is 1. The van der Waals surface area contributed by atoms with Gasteiger partial charge in [-0.1, -0.05) is 36.4 Å². The Morgan fingerprint density at radius 1 is 1.14 bits per heavy atom. The zero-order chi connectivity index (χ0) is 20.8. The Morgan fingerprint density at radius 2 is 1.62 bits per heavy atom. The summed E-state index contributed by atoms with van der Waals surface area (Å²) in [5.41, 5.74) is 18.5. The van der Waals surface area contributed by atoms with Gasteiger partial charge in [-0.15, -0.1) is 24.8 Å². The summed E-state index contributed by atoms with van der Waals surface area (Å²) < 4.78 is 39.0. The van der Waals surface area contributed by atoms with Gasteiger partial charge >= 0.3 is 0 Å². The molecule has 2 rings (SSSR count). The van der Waals surface area contributed by atoms with E-state index in [1.165, 1.54) is 19.1 Å². The lowest BCUT2D eigenvalue weighted by molar-refractivity contribution is -0.123. The van der Waals surface area contributed by atoms with Gasteiger partial charge in [-0.25, -0.2) is 4.39 Å². The van der Waals surface area contributed by atoms with Crippen molar-refractivity contribution in [3.8, 4) is 0 Å². The molecule has 2 unspecified atom stereocenters. The van der Waals surface area contributed by atoms with Crippen LogP contribution in [0.3, 0.4) is 0 Å². The fourth-order valence-corrected chi connectivity index (χ4v) is 2.22. The maximum atomic E-state index is 13.2. The van der Waals surface area contributed by atoms with Crippen LogP contribution in [0.5, 0.6) is 0 Å². The molecule has 0 aliphatic heterocycles. The van der Waals surface area contributed by atoms with Crippen molar-refractivity contribution in [2.24, 2.45) is 17.2 Å². The van der Waals surface area contributed by atoms with Crippen LogP contribution >= 0.6 is 24.8 Å². The third-order valence-corrected chi connectivity index (χ3v) is 3.81. The Balaban J connectivity index is 0. The van der Waals surface area contributed by atoms with E-state index in [1.807, 2.05) is 30.3 Å². The van der Waals surface area contributed by atoms with E-state index in [4.69, 9.17) is 21.8 Å². The van der Waals surface area contributed by atoms with Gasteiger partial charge in [0.15, 0.2) is 0 Å². The topological polar surface area (TPSA) is 149 Å². The number of benzene rings is 2. The molecule has 1 amide bonds.